The number of ether oxygens (including phenoxy) is 1. The number of para-hydroxylation sites is 1. The maximum Gasteiger partial charge on any atom is 0.226 e. The minimum absolute atomic E-state index is 0.312. The third-order valence-corrected chi connectivity index (χ3v) is 2.66. The molecule has 0 amide bonds. The Morgan fingerprint density at radius 1 is 1.38 bits per heavy atom. The molecule has 1 heterocycles. The van der Waals surface area contributed by atoms with E-state index < -0.39 is 0 Å². The summed E-state index contributed by atoms with van der Waals surface area (Å²) in [6, 6.07) is 7.64. The molecule has 1 aromatic heterocycles. The van der Waals surface area contributed by atoms with E-state index in [0.29, 0.717) is 18.3 Å². The lowest BCUT2D eigenvalue weighted by Crippen LogP contribution is -1.98. The maximum atomic E-state index is 5.55. The average molecular weight is 283 g/mol. The Morgan fingerprint density at radius 3 is 2.88 bits per heavy atom. The van der Waals surface area contributed by atoms with E-state index in [1.54, 1.807) is 0 Å². The van der Waals surface area contributed by atoms with Gasteiger partial charge in [0.15, 0.2) is 6.61 Å². The first kappa shape index (κ1) is 11.1. The number of hydrogen-bond acceptors (Lipinski definition) is 4. The fourth-order valence-corrected chi connectivity index (χ4v) is 1.60. The fraction of sp³-hybridized carbons (Fsp3) is 0.273. The quantitative estimate of drug-likeness (QED) is 0.865. The molecule has 0 saturated heterocycles. The minimum Gasteiger partial charge on any atom is -0.484 e. The normalized spacial score (nSPS) is 10.4. The topological polar surface area (TPSA) is 48.2 Å². The van der Waals surface area contributed by atoms with Crippen LogP contribution in [0.5, 0.6) is 5.75 Å². The van der Waals surface area contributed by atoms with E-state index in [0.717, 1.165) is 16.6 Å². The van der Waals surface area contributed by atoms with Gasteiger partial charge < -0.3 is 9.26 Å². The molecule has 0 N–H and O–H groups in total. The first-order chi connectivity index (χ1) is 7.79. The van der Waals surface area contributed by atoms with Gasteiger partial charge in [0, 0.05) is 6.42 Å². The zero-order valence-corrected chi connectivity index (χ0v) is 10.4. The van der Waals surface area contributed by atoms with Crippen molar-refractivity contribution in [1.82, 2.24) is 10.1 Å². The molecule has 16 heavy (non-hydrogen) atoms. The van der Waals surface area contributed by atoms with Crippen LogP contribution in [-0.4, -0.2) is 10.1 Å². The number of halogens is 1. The molecule has 5 heteroatoms. The highest BCUT2D eigenvalue weighted by Crippen LogP contribution is 2.24. The second-order valence-corrected chi connectivity index (χ2v) is 4.03. The molecule has 0 spiro atoms. The van der Waals surface area contributed by atoms with E-state index in [9.17, 15) is 0 Å². The van der Waals surface area contributed by atoms with Crippen LogP contribution in [0.15, 0.2) is 33.3 Å². The van der Waals surface area contributed by atoms with Gasteiger partial charge in [-0.2, -0.15) is 4.98 Å². The average Bonchev–Trinajstić information content (AvgIpc) is 2.76. The summed E-state index contributed by atoms with van der Waals surface area (Å²) in [6.07, 6.45) is 0.738. The number of hydrogen-bond donors (Lipinski definition) is 0. The smallest absolute Gasteiger partial charge is 0.226 e. The largest absolute Gasteiger partial charge is 0.484 e. The van der Waals surface area contributed by atoms with Crippen LogP contribution in [0.2, 0.25) is 0 Å². The van der Waals surface area contributed by atoms with Gasteiger partial charge in [-0.25, -0.2) is 0 Å². The molecule has 84 valence electrons. The summed E-state index contributed by atoms with van der Waals surface area (Å²) < 4.78 is 11.4. The van der Waals surface area contributed by atoms with Crippen LogP contribution in [0.1, 0.15) is 18.6 Å². The van der Waals surface area contributed by atoms with Gasteiger partial charge in [-0.05, 0) is 28.1 Å². The van der Waals surface area contributed by atoms with Gasteiger partial charge in [0.2, 0.25) is 11.7 Å². The molecule has 4 nitrogen and oxygen atoms in total. The molecular weight excluding hydrogens is 272 g/mol. The molecule has 0 bridgehead atoms. The molecule has 0 aliphatic carbocycles. The Hall–Kier alpha value is -1.36. The van der Waals surface area contributed by atoms with Gasteiger partial charge in [-0.3, -0.25) is 0 Å². The zero-order chi connectivity index (χ0) is 11.4. The first-order valence-corrected chi connectivity index (χ1v) is 5.77. The molecule has 0 saturated carbocycles. The van der Waals surface area contributed by atoms with E-state index in [-0.39, 0.29) is 0 Å². The Bertz CT molecular complexity index is 471. The van der Waals surface area contributed by atoms with Crippen molar-refractivity contribution in [3.05, 3.63) is 40.5 Å². The second kappa shape index (κ2) is 5.12. The minimum atomic E-state index is 0.312. The molecule has 0 aliphatic rings. The SMILES string of the molecule is CCc1nc(COc2ccccc2Br)no1. The fourth-order valence-electron chi connectivity index (χ4n) is 1.20. The van der Waals surface area contributed by atoms with E-state index in [1.165, 1.54) is 0 Å². The molecule has 0 radical (unpaired) electrons. The van der Waals surface area contributed by atoms with Crippen molar-refractivity contribution in [3.8, 4) is 5.75 Å². The van der Waals surface area contributed by atoms with Gasteiger partial charge in [-0.15, -0.1) is 0 Å². The predicted octanol–water partition coefficient (Wildman–Crippen LogP) is 2.97. The maximum absolute atomic E-state index is 5.55. The van der Waals surface area contributed by atoms with Crippen LogP contribution in [-0.2, 0) is 13.0 Å². The highest BCUT2D eigenvalue weighted by Gasteiger charge is 2.06. The number of aromatic nitrogens is 2. The molecular formula is C11H11BrN2O2. The summed E-state index contributed by atoms with van der Waals surface area (Å²) in [5.41, 5.74) is 0. The number of rotatable bonds is 4. The van der Waals surface area contributed by atoms with Crippen molar-refractivity contribution < 1.29 is 9.26 Å². The van der Waals surface area contributed by atoms with Crippen LogP contribution < -0.4 is 4.74 Å². The second-order valence-electron chi connectivity index (χ2n) is 3.18. The van der Waals surface area contributed by atoms with Crippen LogP contribution in [0.25, 0.3) is 0 Å². The van der Waals surface area contributed by atoms with Crippen molar-refractivity contribution >= 4 is 15.9 Å². The zero-order valence-electron chi connectivity index (χ0n) is 8.81. The lowest BCUT2D eigenvalue weighted by atomic mass is 10.3. The van der Waals surface area contributed by atoms with Crippen molar-refractivity contribution in [2.24, 2.45) is 0 Å². The van der Waals surface area contributed by atoms with E-state index >= 15 is 0 Å². The summed E-state index contributed by atoms with van der Waals surface area (Å²) in [6.45, 7) is 2.28. The van der Waals surface area contributed by atoms with Crippen LogP contribution in [0.4, 0.5) is 0 Å². The van der Waals surface area contributed by atoms with Crippen molar-refractivity contribution in [2.45, 2.75) is 20.0 Å². The molecule has 2 rings (SSSR count). The third-order valence-electron chi connectivity index (χ3n) is 2.01. The van der Waals surface area contributed by atoms with Gasteiger partial charge in [0.05, 0.1) is 4.47 Å². The Balaban J connectivity index is 1.99. The van der Waals surface area contributed by atoms with Crippen molar-refractivity contribution in [3.63, 3.8) is 0 Å². The van der Waals surface area contributed by atoms with Gasteiger partial charge in [0.1, 0.15) is 5.75 Å². The molecule has 2 aromatic rings. The lowest BCUT2D eigenvalue weighted by Gasteiger charge is -2.04. The predicted molar refractivity (Wildman–Crippen MR) is 62.2 cm³/mol. The Morgan fingerprint density at radius 2 is 2.19 bits per heavy atom. The van der Waals surface area contributed by atoms with E-state index in [2.05, 4.69) is 26.1 Å². The third kappa shape index (κ3) is 2.61. The molecule has 0 aliphatic heterocycles. The molecule has 0 fully saturated rings. The summed E-state index contributed by atoms with van der Waals surface area (Å²) in [7, 11) is 0. The van der Waals surface area contributed by atoms with Gasteiger partial charge in [-0.1, -0.05) is 24.2 Å². The van der Waals surface area contributed by atoms with Gasteiger partial charge in [0.25, 0.3) is 0 Å². The number of benzene rings is 1. The monoisotopic (exact) mass is 282 g/mol. The van der Waals surface area contributed by atoms with Crippen LogP contribution >= 0.6 is 15.9 Å². The van der Waals surface area contributed by atoms with E-state index in [1.807, 2.05) is 31.2 Å². The summed E-state index contributed by atoms with van der Waals surface area (Å²) in [5, 5.41) is 3.81. The first-order valence-electron chi connectivity index (χ1n) is 4.98. The van der Waals surface area contributed by atoms with E-state index in [4.69, 9.17) is 9.26 Å². The number of nitrogens with zero attached hydrogens (tertiary/aromatic N) is 2. The highest BCUT2D eigenvalue weighted by molar-refractivity contribution is 9.10. The summed E-state index contributed by atoms with van der Waals surface area (Å²) in [5.74, 6) is 1.96. The van der Waals surface area contributed by atoms with Crippen molar-refractivity contribution in [2.75, 3.05) is 0 Å². The van der Waals surface area contributed by atoms with Crippen LogP contribution in [0.3, 0.4) is 0 Å². The van der Waals surface area contributed by atoms with Crippen molar-refractivity contribution in [1.29, 1.82) is 0 Å². The summed E-state index contributed by atoms with van der Waals surface area (Å²) in [4.78, 5) is 4.16. The Kier molecular flexibility index (Phi) is 3.56. The molecule has 1 aromatic carbocycles. The Labute approximate surface area is 102 Å². The standard InChI is InChI=1S/C11H11BrN2O2/c1-2-11-13-10(14-16-11)7-15-9-6-4-3-5-8(9)12/h3-6H,2,7H2,1H3. The number of aryl methyl sites for hydroxylation is 1. The molecule has 0 atom stereocenters. The summed E-state index contributed by atoms with van der Waals surface area (Å²) >= 11 is 3.40. The van der Waals surface area contributed by atoms with Gasteiger partial charge >= 0.3 is 0 Å². The highest BCUT2D eigenvalue weighted by atomic mass is 79.9. The lowest BCUT2D eigenvalue weighted by molar-refractivity contribution is 0.283. The van der Waals surface area contributed by atoms with Crippen LogP contribution in [0, 0.1) is 0 Å². The molecule has 0 unspecified atom stereocenters.